The van der Waals surface area contributed by atoms with Gasteiger partial charge in [0.2, 0.25) is 0 Å². The Morgan fingerprint density at radius 3 is 2.36 bits per heavy atom. The van der Waals surface area contributed by atoms with Crippen LogP contribution in [0.3, 0.4) is 0 Å². The van der Waals surface area contributed by atoms with Crippen LogP contribution >= 0.6 is 11.8 Å². The summed E-state index contributed by atoms with van der Waals surface area (Å²) in [6.45, 7) is 0.667. The molecule has 0 N–H and O–H groups in total. The van der Waals surface area contributed by atoms with E-state index in [1.54, 1.807) is 25.1 Å². The predicted octanol–water partition coefficient (Wildman–Crippen LogP) is 4.69. The predicted molar refractivity (Wildman–Crippen MR) is 111 cm³/mol. The number of aromatic nitrogens is 4. The van der Waals surface area contributed by atoms with Gasteiger partial charge in [0.15, 0.2) is 11.0 Å². The van der Waals surface area contributed by atoms with Gasteiger partial charge in [-0.1, -0.05) is 60.3 Å². The van der Waals surface area contributed by atoms with Gasteiger partial charge in [-0.3, -0.25) is 9.55 Å². The lowest BCUT2D eigenvalue weighted by atomic mass is 10.2. The molecule has 0 atom stereocenters. The van der Waals surface area contributed by atoms with E-state index in [1.165, 1.54) is 5.56 Å². The van der Waals surface area contributed by atoms with E-state index >= 15 is 0 Å². The number of pyridine rings is 1. The minimum Gasteiger partial charge on any atom is -0.497 e. The molecule has 0 spiro atoms. The van der Waals surface area contributed by atoms with Gasteiger partial charge in [0.25, 0.3) is 0 Å². The second-order valence-corrected chi connectivity index (χ2v) is 7.17. The monoisotopic (exact) mass is 388 g/mol. The van der Waals surface area contributed by atoms with Crippen LogP contribution in [0, 0.1) is 0 Å². The second kappa shape index (κ2) is 8.71. The zero-order chi connectivity index (χ0) is 19.2. The highest BCUT2D eigenvalue weighted by Crippen LogP contribution is 2.27. The zero-order valence-corrected chi connectivity index (χ0v) is 16.3. The summed E-state index contributed by atoms with van der Waals surface area (Å²) in [4.78, 5) is 4.46. The average Bonchev–Trinajstić information content (AvgIpc) is 3.16. The summed E-state index contributed by atoms with van der Waals surface area (Å²) in [7, 11) is 1.67. The lowest BCUT2D eigenvalue weighted by Crippen LogP contribution is -2.05. The number of hydrogen-bond donors (Lipinski definition) is 0. The third-order valence-corrected chi connectivity index (χ3v) is 5.36. The van der Waals surface area contributed by atoms with Crippen LogP contribution in [0.4, 0.5) is 0 Å². The van der Waals surface area contributed by atoms with Gasteiger partial charge in [0.05, 0.1) is 13.7 Å². The quantitative estimate of drug-likeness (QED) is 0.430. The third-order valence-electron chi connectivity index (χ3n) is 4.32. The number of thioether (sulfide) groups is 1. The fourth-order valence-corrected chi connectivity index (χ4v) is 3.75. The van der Waals surface area contributed by atoms with Crippen molar-refractivity contribution in [1.82, 2.24) is 19.7 Å². The Kier molecular flexibility index (Phi) is 5.68. The van der Waals surface area contributed by atoms with Crippen LogP contribution in [-0.4, -0.2) is 26.9 Å². The van der Waals surface area contributed by atoms with Crippen molar-refractivity contribution in [3.05, 3.63) is 90.1 Å². The maximum Gasteiger partial charge on any atom is 0.192 e. The van der Waals surface area contributed by atoms with Crippen LogP contribution in [0.25, 0.3) is 11.5 Å². The summed E-state index contributed by atoms with van der Waals surface area (Å²) in [5, 5.41) is 9.76. The van der Waals surface area contributed by atoms with Crippen molar-refractivity contribution < 1.29 is 4.74 Å². The van der Waals surface area contributed by atoms with E-state index < -0.39 is 0 Å². The van der Waals surface area contributed by atoms with Gasteiger partial charge in [-0.15, -0.1) is 10.2 Å². The summed E-state index contributed by atoms with van der Waals surface area (Å²) < 4.78 is 7.39. The molecule has 0 unspecified atom stereocenters. The Labute approximate surface area is 168 Å². The Balaban J connectivity index is 1.64. The molecule has 4 rings (SSSR count). The maximum atomic E-state index is 5.26. The first-order valence-corrected chi connectivity index (χ1v) is 9.96. The van der Waals surface area contributed by atoms with Gasteiger partial charge in [0.1, 0.15) is 11.4 Å². The topological polar surface area (TPSA) is 52.8 Å². The summed E-state index contributed by atoms with van der Waals surface area (Å²) in [6.07, 6.45) is 1.78. The number of methoxy groups -OCH3 is 1. The molecule has 6 heteroatoms. The van der Waals surface area contributed by atoms with Crippen LogP contribution in [0.2, 0.25) is 0 Å². The van der Waals surface area contributed by atoms with Crippen molar-refractivity contribution in [2.75, 3.05) is 7.11 Å². The van der Waals surface area contributed by atoms with Gasteiger partial charge in [-0.2, -0.15) is 0 Å². The fraction of sp³-hybridized carbons (Fsp3) is 0.136. The standard InChI is InChI=1S/C22H20N4OS/c1-27-19-12-10-17(11-13-19)15-26-21(20-9-5-6-14-23-20)24-25-22(26)28-16-18-7-3-2-4-8-18/h2-14H,15-16H2,1H3. The van der Waals surface area contributed by atoms with Crippen LogP contribution in [-0.2, 0) is 12.3 Å². The molecule has 28 heavy (non-hydrogen) atoms. The van der Waals surface area contributed by atoms with Gasteiger partial charge >= 0.3 is 0 Å². The first-order valence-electron chi connectivity index (χ1n) is 8.98. The van der Waals surface area contributed by atoms with E-state index in [0.29, 0.717) is 6.54 Å². The number of hydrogen-bond acceptors (Lipinski definition) is 5. The molecule has 0 saturated heterocycles. The average molecular weight is 388 g/mol. The molecule has 0 bridgehead atoms. The number of rotatable bonds is 7. The van der Waals surface area contributed by atoms with E-state index in [1.807, 2.05) is 36.4 Å². The molecule has 0 aliphatic rings. The molecular weight excluding hydrogens is 368 g/mol. The number of benzene rings is 2. The van der Waals surface area contributed by atoms with Crippen molar-refractivity contribution in [2.24, 2.45) is 0 Å². The van der Waals surface area contributed by atoms with E-state index in [9.17, 15) is 0 Å². The van der Waals surface area contributed by atoms with Gasteiger partial charge in [-0.25, -0.2) is 0 Å². The number of ether oxygens (including phenoxy) is 1. The van der Waals surface area contributed by atoms with E-state index in [0.717, 1.165) is 33.7 Å². The molecule has 0 amide bonds. The van der Waals surface area contributed by atoms with Gasteiger partial charge < -0.3 is 4.74 Å². The second-order valence-electron chi connectivity index (χ2n) is 6.23. The van der Waals surface area contributed by atoms with Crippen LogP contribution < -0.4 is 4.74 Å². The van der Waals surface area contributed by atoms with Gasteiger partial charge in [0, 0.05) is 11.9 Å². The molecule has 2 aromatic carbocycles. The minimum atomic E-state index is 0.667. The highest BCUT2D eigenvalue weighted by atomic mass is 32.2. The molecule has 2 heterocycles. The highest BCUT2D eigenvalue weighted by molar-refractivity contribution is 7.98. The Morgan fingerprint density at radius 1 is 0.857 bits per heavy atom. The molecular formula is C22H20N4OS. The zero-order valence-electron chi connectivity index (χ0n) is 15.5. The third kappa shape index (κ3) is 4.23. The van der Waals surface area contributed by atoms with E-state index in [-0.39, 0.29) is 0 Å². The molecule has 0 fully saturated rings. The Hall–Kier alpha value is -3.12. The normalized spacial score (nSPS) is 10.8. The fourth-order valence-electron chi connectivity index (χ4n) is 2.86. The highest BCUT2D eigenvalue weighted by Gasteiger charge is 2.16. The smallest absolute Gasteiger partial charge is 0.192 e. The SMILES string of the molecule is COc1ccc(Cn2c(SCc3ccccc3)nnc2-c2ccccn2)cc1. The Bertz CT molecular complexity index is 1020. The summed E-state index contributed by atoms with van der Waals surface area (Å²) >= 11 is 1.68. The molecule has 0 saturated carbocycles. The largest absolute Gasteiger partial charge is 0.497 e. The molecule has 4 aromatic rings. The van der Waals surface area contributed by atoms with Crippen molar-refractivity contribution in [3.63, 3.8) is 0 Å². The van der Waals surface area contributed by atoms with Gasteiger partial charge in [-0.05, 0) is 35.4 Å². The van der Waals surface area contributed by atoms with E-state index in [4.69, 9.17) is 4.74 Å². The molecule has 5 nitrogen and oxygen atoms in total. The molecule has 2 aromatic heterocycles. The lowest BCUT2D eigenvalue weighted by molar-refractivity contribution is 0.414. The molecule has 0 aliphatic carbocycles. The van der Waals surface area contributed by atoms with Crippen LogP contribution in [0.1, 0.15) is 11.1 Å². The number of nitrogens with zero attached hydrogens (tertiary/aromatic N) is 4. The minimum absolute atomic E-state index is 0.667. The van der Waals surface area contributed by atoms with Crippen molar-refractivity contribution in [3.8, 4) is 17.3 Å². The lowest BCUT2D eigenvalue weighted by Gasteiger charge is -2.11. The van der Waals surface area contributed by atoms with Crippen molar-refractivity contribution in [1.29, 1.82) is 0 Å². The summed E-state index contributed by atoms with van der Waals surface area (Å²) in [5.74, 6) is 2.45. The molecule has 0 aliphatic heterocycles. The first-order chi connectivity index (χ1) is 13.8. The molecule has 140 valence electrons. The summed E-state index contributed by atoms with van der Waals surface area (Å²) in [6, 6.07) is 24.3. The maximum absolute atomic E-state index is 5.26. The Morgan fingerprint density at radius 2 is 1.64 bits per heavy atom. The molecule has 0 radical (unpaired) electrons. The van der Waals surface area contributed by atoms with Crippen molar-refractivity contribution in [2.45, 2.75) is 17.5 Å². The van der Waals surface area contributed by atoms with Crippen molar-refractivity contribution >= 4 is 11.8 Å². The van der Waals surface area contributed by atoms with Crippen LogP contribution in [0.5, 0.6) is 5.75 Å². The van der Waals surface area contributed by atoms with E-state index in [2.05, 4.69) is 56.1 Å². The first kappa shape index (κ1) is 18.3. The summed E-state index contributed by atoms with van der Waals surface area (Å²) in [5.41, 5.74) is 3.22. The van der Waals surface area contributed by atoms with Crippen LogP contribution in [0.15, 0.2) is 84.1 Å².